The molecule has 0 bridgehead atoms. The second-order valence-electron chi connectivity index (χ2n) is 6.18. The molecule has 2 rings (SSSR count). The molecule has 0 spiro atoms. The number of aromatic nitrogens is 2. The van der Waals surface area contributed by atoms with Gasteiger partial charge in [-0.25, -0.2) is 0 Å². The molecule has 1 unspecified atom stereocenters. The van der Waals surface area contributed by atoms with Crippen molar-refractivity contribution in [2.24, 2.45) is 5.92 Å². The molecule has 0 saturated heterocycles. The Morgan fingerprint density at radius 1 is 1.30 bits per heavy atom. The molecule has 0 aliphatic heterocycles. The fraction of sp³-hybridized carbons (Fsp3) is 0.750. The van der Waals surface area contributed by atoms with E-state index in [9.17, 15) is 4.79 Å². The van der Waals surface area contributed by atoms with Crippen molar-refractivity contribution in [1.29, 1.82) is 0 Å². The van der Waals surface area contributed by atoms with E-state index >= 15 is 0 Å². The van der Waals surface area contributed by atoms with Crippen LogP contribution in [-0.4, -0.2) is 20.9 Å². The van der Waals surface area contributed by atoms with Gasteiger partial charge in [-0.3, -0.25) is 9.48 Å². The van der Waals surface area contributed by atoms with Crippen molar-refractivity contribution < 1.29 is 9.90 Å². The molecule has 1 aromatic rings. The van der Waals surface area contributed by atoms with Crippen LogP contribution in [0.15, 0.2) is 0 Å². The van der Waals surface area contributed by atoms with E-state index in [0.717, 1.165) is 11.3 Å². The number of hydrogen-bond acceptors (Lipinski definition) is 2. The average molecular weight is 278 g/mol. The maximum absolute atomic E-state index is 11.1. The van der Waals surface area contributed by atoms with Gasteiger partial charge in [0.05, 0.1) is 17.7 Å². The van der Waals surface area contributed by atoms with Crippen molar-refractivity contribution >= 4 is 5.97 Å². The van der Waals surface area contributed by atoms with Gasteiger partial charge in [0, 0.05) is 5.69 Å². The molecule has 0 radical (unpaired) electrons. The molecule has 20 heavy (non-hydrogen) atoms. The van der Waals surface area contributed by atoms with Crippen LogP contribution in [0.5, 0.6) is 0 Å². The van der Waals surface area contributed by atoms with Crippen molar-refractivity contribution in [2.75, 3.05) is 0 Å². The highest BCUT2D eigenvalue weighted by Crippen LogP contribution is 2.30. The fourth-order valence-corrected chi connectivity index (χ4v) is 3.24. The third-order valence-electron chi connectivity index (χ3n) is 4.58. The molecule has 1 aromatic heterocycles. The van der Waals surface area contributed by atoms with E-state index in [4.69, 9.17) is 10.2 Å². The van der Waals surface area contributed by atoms with Gasteiger partial charge in [0.15, 0.2) is 0 Å². The quantitative estimate of drug-likeness (QED) is 0.855. The zero-order chi connectivity index (χ0) is 14.7. The zero-order valence-electron chi connectivity index (χ0n) is 12.9. The Morgan fingerprint density at radius 3 is 2.45 bits per heavy atom. The van der Waals surface area contributed by atoms with Gasteiger partial charge < -0.3 is 5.11 Å². The van der Waals surface area contributed by atoms with Gasteiger partial charge in [0.1, 0.15) is 0 Å². The number of rotatable bonds is 4. The summed E-state index contributed by atoms with van der Waals surface area (Å²) in [6, 6.07) is 0.505. The third kappa shape index (κ3) is 3.22. The smallest absolute Gasteiger partial charge is 0.306 e. The summed E-state index contributed by atoms with van der Waals surface area (Å²) < 4.78 is 2.17. The molecule has 0 aromatic carbocycles. The predicted octanol–water partition coefficient (Wildman–Crippen LogP) is 3.66. The first-order chi connectivity index (χ1) is 9.50. The minimum atomic E-state index is -0.731. The van der Waals surface area contributed by atoms with Crippen LogP contribution in [0.4, 0.5) is 0 Å². The first kappa shape index (κ1) is 15.1. The SMILES string of the molecule is Cc1nn(C2CCCCCC2)c(C)c1CC(C)C(=O)O. The van der Waals surface area contributed by atoms with Crippen LogP contribution in [0.2, 0.25) is 0 Å². The van der Waals surface area contributed by atoms with Gasteiger partial charge >= 0.3 is 5.97 Å². The highest BCUT2D eigenvalue weighted by atomic mass is 16.4. The summed E-state index contributed by atoms with van der Waals surface area (Å²) in [7, 11) is 0. The first-order valence-corrected chi connectivity index (χ1v) is 7.78. The minimum Gasteiger partial charge on any atom is -0.481 e. The Labute approximate surface area is 121 Å². The van der Waals surface area contributed by atoms with E-state index in [1.165, 1.54) is 44.2 Å². The topological polar surface area (TPSA) is 55.1 Å². The lowest BCUT2D eigenvalue weighted by Gasteiger charge is -2.17. The molecule has 1 aliphatic rings. The lowest BCUT2D eigenvalue weighted by molar-refractivity contribution is -0.141. The van der Waals surface area contributed by atoms with Gasteiger partial charge in [0.25, 0.3) is 0 Å². The van der Waals surface area contributed by atoms with Crippen LogP contribution in [0.3, 0.4) is 0 Å². The molecular weight excluding hydrogens is 252 g/mol. The first-order valence-electron chi connectivity index (χ1n) is 7.78. The van der Waals surface area contributed by atoms with Gasteiger partial charge in [-0.2, -0.15) is 5.10 Å². The second kappa shape index (κ2) is 6.42. The maximum atomic E-state index is 11.1. The number of aryl methyl sites for hydroxylation is 1. The van der Waals surface area contributed by atoms with Gasteiger partial charge in [-0.05, 0) is 38.7 Å². The Morgan fingerprint density at radius 2 is 1.90 bits per heavy atom. The summed E-state index contributed by atoms with van der Waals surface area (Å²) in [5, 5.41) is 13.8. The van der Waals surface area contributed by atoms with Crippen molar-refractivity contribution in [3.05, 3.63) is 17.0 Å². The van der Waals surface area contributed by atoms with Crippen LogP contribution in [-0.2, 0) is 11.2 Å². The summed E-state index contributed by atoms with van der Waals surface area (Å²) in [5.41, 5.74) is 3.30. The summed E-state index contributed by atoms with van der Waals surface area (Å²) in [6.07, 6.45) is 8.22. The number of carboxylic acid groups (broad SMARTS) is 1. The lowest BCUT2D eigenvalue weighted by atomic mass is 9.99. The Hall–Kier alpha value is -1.32. The predicted molar refractivity (Wildman–Crippen MR) is 78.9 cm³/mol. The number of aliphatic carboxylic acids is 1. The van der Waals surface area contributed by atoms with Gasteiger partial charge in [-0.15, -0.1) is 0 Å². The monoisotopic (exact) mass is 278 g/mol. The third-order valence-corrected chi connectivity index (χ3v) is 4.58. The van der Waals surface area contributed by atoms with Crippen molar-refractivity contribution in [3.63, 3.8) is 0 Å². The van der Waals surface area contributed by atoms with E-state index < -0.39 is 5.97 Å². The summed E-state index contributed by atoms with van der Waals surface area (Å²) in [5.74, 6) is -1.08. The number of carbonyl (C=O) groups is 1. The van der Waals surface area contributed by atoms with E-state index in [2.05, 4.69) is 11.6 Å². The Kier molecular flexibility index (Phi) is 4.84. The van der Waals surface area contributed by atoms with Crippen LogP contribution < -0.4 is 0 Å². The molecule has 1 atom stereocenters. The standard InChI is InChI=1S/C16H26N2O2/c1-11(16(19)20)10-15-12(2)17-18(13(15)3)14-8-6-4-5-7-9-14/h11,14H,4-10H2,1-3H3,(H,19,20). The summed E-state index contributed by atoms with van der Waals surface area (Å²) >= 11 is 0. The molecule has 1 heterocycles. The van der Waals surface area contributed by atoms with Crippen LogP contribution in [0.25, 0.3) is 0 Å². The van der Waals surface area contributed by atoms with Gasteiger partial charge in [0.2, 0.25) is 0 Å². The highest BCUT2D eigenvalue weighted by molar-refractivity contribution is 5.70. The van der Waals surface area contributed by atoms with Crippen molar-refractivity contribution in [3.8, 4) is 0 Å². The number of nitrogens with zero attached hydrogens (tertiary/aromatic N) is 2. The minimum absolute atomic E-state index is 0.348. The zero-order valence-corrected chi connectivity index (χ0v) is 12.9. The Bertz CT molecular complexity index is 471. The van der Waals surface area contributed by atoms with E-state index in [0.29, 0.717) is 12.5 Å². The average Bonchev–Trinajstić information content (AvgIpc) is 2.64. The number of carboxylic acids is 1. The molecule has 1 saturated carbocycles. The molecule has 1 fully saturated rings. The maximum Gasteiger partial charge on any atom is 0.306 e. The number of hydrogen-bond donors (Lipinski definition) is 1. The molecule has 0 amide bonds. The van der Waals surface area contributed by atoms with E-state index in [1.807, 2.05) is 6.92 Å². The second-order valence-corrected chi connectivity index (χ2v) is 6.18. The molecule has 4 nitrogen and oxygen atoms in total. The summed E-state index contributed by atoms with van der Waals surface area (Å²) in [6.45, 7) is 5.86. The summed E-state index contributed by atoms with van der Waals surface area (Å²) in [4.78, 5) is 11.1. The molecular formula is C16H26N2O2. The normalized spacial score (nSPS) is 18.8. The van der Waals surface area contributed by atoms with Crippen molar-refractivity contribution in [1.82, 2.24) is 9.78 Å². The highest BCUT2D eigenvalue weighted by Gasteiger charge is 2.22. The van der Waals surface area contributed by atoms with Crippen LogP contribution >= 0.6 is 0 Å². The molecule has 1 aliphatic carbocycles. The molecule has 112 valence electrons. The van der Waals surface area contributed by atoms with Crippen LogP contribution in [0.1, 0.15) is 68.4 Å². The van der Waals surface area contributed by atoms with E-state index in [-0.39, 0.29) is 5.92 Å². The van der Waals surface area contributed by atoms with E-state index in [1.54, 1.807) is 6.92 Å². The molecule has 4 heteroatoms. The lowest BCUT2D eigenvalue weighted by Crippen LogP contribution is -2.14. The Balaban J connectivity index is 2.21. The van der Waals surface area contributed by atoms with Crippen LogP contribution in [0, 0.1) is 19.8 Å². The fourth-order valence-electron chi connectivity index (χ4n) is 3.24. The van der Waals surface area contributed by atoms with Crippen molar-refractivity contribution in [2.45, 2.75) is 71.8 Å². The molecule has 1 N–H and O–H groups in total. The van der Waals surface area contributed by atoms with Gasteiger partial charge in [-0.1, -0.05) is 32.6 Å². The largest absolute Gasteiger partial charge is 0.481 e.